The highest BCUT2D eigenvalue weighted by molar-refractivity contribution is 5.85. The van der Waals surface area contributed by atoms with Gasteiger partial charge in [0, 0.05) is 24.7 Å². The third-order valence-corrected chi connectivity index (χ3v) is 4.95. The molecule has 4 nitrogen and oxygen atoms in total. The Labute approximate surface area is 141 Å². The second-order valence-corrected chi connectivity index (χ2v) is 6.08. The molecule has 0 saturated heterocycles. The zero-order chi connectivity index (χ0) is 15.3. The standard InChI is InChI=1S/C18H19NO3.ClH/c20-9-8-19-7-6-11-2-1-3-13-16(11)14(19)10-12-4-5-15(21)18(22)17(12)13;/h1-5,14,20-22H,6-10H2;1H/t14-;/m1./s1. The maximum absolute atomic E-state index is 10.3. The van der Waals surface area contributed by atoms with Crippen LogP contribution in [-0.4, -0.2) is 39.9 Å². The summed E-state index contributed by atoms with van der Waals surface area (Å²) in [4.78, 5) is 2.32. The van der Waals surface area contributed by atoms with Crippen LogP contribution < -0.4 is 0 Å². The number of fused-ring (bicyclic) bond motifs is 2. The molecule has 1 heterocycles. The van der Waals surface area contributed by atoms with Crippen LogP contribution in [0, 0.1) is 0 Å². The van der Waals surface area contributed by atoms with Gasteiger partial charge in [0.1, 0.15) is 0 Å². The second-order valence-electron chi connectivity index (χ2n) is 6.08. The lowest BCUT2D eigenvalue weighted by Gasteiger charge is -2.41. The van der Waals surface area contributed by atoms with Gasteiger partial charge in [0.05, 0.1) is 6.61 Å². The number of halogens is 1. The van der Waals surface area contributed by atoms with Gasteiger partial charge in [0.15, 0.2) is 11.5 Å². The molecule has 2 aromatic rings. The summed E-state index contributed by atoms with van der Waals surface area (Å²) < 4.78 is 0. The van der Waals surface area contributed by atoms with Gasteiger partial charge in [-0.25, -0.2) is 0 Å². The number of aliphatic hydroxyl groups excluding tert-OH is 1. The number of benzene rings is 2. The van der Waals surface area contributed by atoms with E-state index < -0.39 is 0 Å². The number of hydrogen-bond acceptors (Lipinski definition) is 4. The van der Waals surface area contributed by atoms with Crippen LogP contribution in [0.25, 0.3) is 11.1 Å². The van der Waals surface area contributed by atoms with E-state index in [9.17, 15) is 15.3 Å². The molecule has 1 aliphatic carbocycles. The van der Waals surface area contributed by atoms with Crippen LogP contribution in [0.2, 0.25) is 0 Å². The first kappa shape index (κ1) is 16.1. The topological polar surface area (TPSA) is 63.9 Å². The third kappa shape index (κ3) is 2.38. The Balaban J connectivity index is 0.00000156. The molecule has 5 heteroatoms. The fraction of sp³-hybridized carbons (Fsp3) is 0.333. The van der Waals surface area contributed by atoms with Crippen molar-refractivity contribution in [3.63, 3.8) is 0 Å². The number of phenolic OH excluding ortho intramolecular Hbond substituents is 2. The summed E-state index contributed by atoms with van der Waals surface area (Å²) in [6, 6.07) is 9.88. The van der Waals surface area contributed by atoms with Gasteiger partial charge in [0.2, 0.25) is 0 Å². The van der Waals surface area contributed by atoms with Crippen molar-refractivity contribution in [2.24, 2.45) is 0 Å². The minimum absolute atomic E-state index is 0. The zero-order valence-electron chi connectivity index (χ0n) is 12.7. The van der Waals surface area contributed by atoms with Crippen molar-refractivity contribution < 1.29 is 15.3 Å². The van der Waals surface area contributed by atoms with E-state index in [1.54, 1.807) is 6.07 Å². The molecule has 2 aliphatic rings. The Morgan fingerprint density at radius 1 is 1.09 bits per heavy atom. The van der Waals surface area contributed by atoms with Crippen molar-refractivity contribution in [1.29, 1.82) is 0 Å². The zero-order valence-corrected chi connectivity index (χ0v) is 13.5. The molecule has 2 aromatic carbocycles. The summed E-state index contributed by atoms with van der Waals surface area (Å²) in [6.45, 7) is 1.76. The largest absolute Gasteiger partial charge is 0.504 e. The highest BCUT2D eigenvalue weighted by atomic mass is 35.5. The Kier molecular flexibility index (Phi) is 4.23. The summed E-state index contributed by atoms with van der Waals surface area (Å²) in [7, 11) is 0. The van der Waals surface area contributed by atoms with Crippen LogP contribution in [-0.2, 0) is 12.8 Å². The van der Waals surface area contributed by atoms with Crippen molar-refractivity contribution in [1.82, 2.24) is 4.90 Å². The van der Waals surface area contributed by atoms with Crippen LogP contribution in [0.15, 0.2) is 30.3 Å². The first-order valence-corrected chi connectivity index (χ1v) is 7.71. The van der Waals surface area contributed by atoms with E-state index in [2.05, 4.69) is 11.0 Å². The maximum atomic E-state index is 10.3. The normalized spacial score (nSPS) is 18.7. The van der Waals surface area contributed by atoms with Gasteiger partial charge in [-0.05, 0) is 41.2 Å². The second kappa shape index (κ2) is 6.04. The number of aromatic hydroxyl groups is 2. The fourth-order valence-electron chi connectivity index (χ4n) is 3.97. The molecule has 0 spiro atoms. The molecular formula is C18H20ClNO3. The minimum Gasteiger partial charge on any atom is -0.504 e. The molecule has 23 heavy (non-hydrogen) atoms. The van der Waals surface area contributed by atoms with Crippen molar-refractivity contribution >= 4 is 12.4 Å². The van der Waals surface area contributed by atoms with Crippen molar-refractivity contribution in [2.75, 3.05) is 19.7 Å². The number of β-amino-alcohol motifs (C(OH)–C–C–N with tert-alkyl or cyclic N) is 1. The van der Waals surface area contributed by atoms with E-state index in [0.29, 0.717) is 6.54 Å². The lowest BCUT2D eigenvalue weighted by atomic mass is 9.77. The number of hydrogen-bond donors (Lipinski definition) is 3. The summed E-state index contributed by atoms with van der Waals surface area (Å²) in [5, 5.41) is 29.5. The molecule has 1 atom stereocenters. The summed E-state index contributed by atoms with van der Waals surface area (Å²) >= 11 is 0. The van der Waals surface area contributed by atoms with E-state index in [0.717, 1.165) is 36.1 Å². The van der Waals surface area contributed by atoms with E-state index in [1.807, 2.05) is 18.2 Å². The SMILES string of the molecule is Cl.OCCN1CCc2cccc3c2[C@H]1Cc1ccc(O)c(O)c1-3. The van der Waals surface area contributed by atoms with Crippen molar-refractivity contribution in [3.8, 4) is 22.6 Å². The molecular weight excluding hydrogens is 314 g/mol. The predicted octanol–water partition coefficient (Wildman–Crippen LogP) is 2.63. The molecule has 3 N–H and O–H groups in total. The first-order chi connectivity index (χ1) is 10.7. The molecule has 0 bridgehead atoms. The molecule has 4 rings (SSSR count). The lowest BCUT2D eigenvalue weighted by Crippen LogP contribution is -2.39. The maximum Gasteiger partial charge on any atom is 0.165 e. The molecule has 0 aromatic heterocycles. The average Bonchev–Trinajstić information content (AvgIpc) is 2.53. The number of rotatable bonds is 2. The number of nitrogens with zero attached hydrogens (tertiary/aromatic N) is 1. The van der Waals surface area contributed by atoms with Gasteiger partial charge in [-0.3, -0.25) is 4.90 Å². The van der Waals surface area contributed by atoms with Gasteiger partial charge in [-0.15, -0.1) is 12.4 Å². The number of aliphatic hydroxyl groups is 1. The van der Waals surface area contributed by atoms with Crippen LogP contribution >= 0.6 is 12.4 Å². The van der Waals surface area contributed by atoms with Gasteiger partial charge < -0.3 is 15.3 Å². The van der Waals surface area contributed by atoms with E-state index in [1.165, 1.54) is 11.1 Å². The Morgan fingerprint density at radius 3 is 2.70 bits per heavy atom. The van der Waals surface area contributed by atoms with Crippen LogP contribution in [0.4, 0.5) is 0 Å². The van der Waals surface area contributed by atoms with Gasteiger partial charge >= 0.3 is 0 Å². The van der Waals surface area contributed by atoms with Crippen LogP contribution in [0.3, 0.4) is 0 Å². The Hall–Kier alpha value is -1.75. The molecule has 122 valence electrons. The minimum atomic E-state index is -0.0715. The molecule has 1 aliphatic heterocycles. The summed E-state index contributed by atoms with van der Waals surface area (Å²) in [5.74, 6) is -0.0959. The van der Waals surface area contributed by atoms with Crippen LogP contribution in [0.5, 0.6) is 11.5 Å². The monoisotopic (exact) mass is 333 g/mol. The lowest BCUT2D eigenvalue weighted by molar-refractivity contribution is 0.140. The molecule has 0 amide bonds. The molecule has 0 saturated carbocycles. The number of phenols is 2. The molecule has 0 unspecified atom stereocenters. The Bertz CT molecular complexity index is 747. The van der Waals surface area contributed by atoms with Gasteiger partial charge in [-0.2, -0.15) is 0 Å². The highest BCUT2D eigenvalue weighted by Gasteiger charge is 2.35. The van der Waals surface area contributed by atoms with Gasteiger partial charge in [0.25, 0.3) is 0 Å². The summed E-state index contributed by atoms with van der Waals surface area (Å²) in [6.07, 6.45) is 1.75. The first-order valence-electron chi connectivity index (χ1n) is 7.71. The quantitative estimate of drug-likeness (QED) is 0.739. The smallest absolute Gasteiger partial charge is 0.165 e. The molecule has 0 fully saturated rings. The van der Waals surface area contributed by atoms with Crippen molar-refractivity contribution in [2.45, 2.75) is 18.9 Å². The van der Waals surface area contributed by atoms with E-state index >= 15 is 0 Å². The Morgan fingerprint density at radius 2 is 1.91 bits per heavy atom. The van der Waals surface area contributed by atoms with Crippen molar-refractivity contribution in [3.05, 3.63) is 47.0 Å². The summed E-state index contributed by atoms with van der Waals surface area (Å²) in [5.41, 5.74) is 5.38. The highest BCUT2D eigenvalue weighted by Crippen LogP contribution is 2.50. The van der Waals surface area contributed by atoms with Gasteiger partial charge in [-0.1, -0.05) is 24.3 Å². The van der Waals surface area contributed by atoms with Crippen LogP contribution in [0.1, 0.15) is 22.7 Å². The predicted molar refractivity (Wildman–Crippen MR) is 91.3 cm³/mol. The van der Waals surface area contributed by atoms with E-state index in [4.69, 9.17) is 0 Å². The van der Waals surface area contributed by atoms with E-state index in [-0.39, 0.29) is 36.6 Å². The average molecular weight is 334 g/mol. The third-order valence-electron chi connectivity index (χ3n) is 4.95. The fourth-order valence-corrected chi connectivity index (χ4v) is 3.97. The molecule has 0 radical (unpaired) electrons.